The lowest BCUT2D eigenvalue weighted by Crippen LogP contribution is -2.41. The molecule has 0 saturated carbocycles. The van der Waals surface area contributed by atoms with Gasteiger partial charge in [0.05, 0.1) is 19.3 Å². The summed E-state index contributed by atoms with van der Waals surface area (Å²) in [6.45, 7) is 1.09. The summed E-state index contributed by atoms with van der Waals surface area (Å²) in [6.07, 6.45) is 10.5. The van der Waals surface area contributed by atoms with Crippen LogP contribution in [-0.4, -0.2) is 18.6 Å². The first-order valence-electron chi connectivity index (χ1n) is 7.13. The molecule has 3 nitrogen and oxygen atoms in total. The third-order valence-corrected chi connectivity index (χ3v) is 3.83. The molecule has 3 heteroatoms. The van der Waals surface area contributed by atoms with Crippen LogP contribution in [-0.2, 0) is 11.3 Å². The largest absolute Gasteiger partial charge is 0.375 e. The second kappa shape index (κ2) is 6.06. The number of allylic oxidation sites excluding steroid dienone is 4. The molecule has 1 aromatic rings. The minimum absolute atomic E-state index is 0.0178. The second-order valence-corrected chi connectivity index (χ2v) is 5.39. The van der Waals surface area contributed by atoms with E-state index < -0.39 is 0 Å². The molecule has 1 heterocycles. The summed E-state index contributed by atoms with van der Waals surface area (Å²) < 4.78 is 5.75. The van der Waals surface area contributed by atoms with Crippen molar-refractivity contribution in [3.8, 4) is 0 Å². The first-order chi connectivity index (χ1) is 9.83. The van der Waals surface area contributed by atoms with Crippen LogP contribution in [0, 0.1) is 5.92 Å². The van der Waals surface area contributed by atoms with E-state index in [1.54, 1.807) is 0 Å². The fraction of sp³-hybridized carbons (Fsp3) is 0.353. The van der Waals surface area contributed by atoms with Crippen LogP contribution in [0.5, 0.6) is 0 Å². The maximum atomic E-state index is 12.3. The Kier molecular flexibility index (Phi) is 3.97. The minimum Gasteiger partial charge on any atom is -0.375 e. The van der Waals surface area contributed by atoms with Crippen molar-refractivity contribution in [3.05, 3.63) is 59.7 Å². The molecular weight excluding hydrogens is 250 g/mol. The topological polar surface area (TPSA) is 38.3 Å². The Labute approximate surface area is 119 Å². The summed E-state index contributed by atoms with van der Waals surface area (Å²) in [5, 5.41) is 3.10. The number of hydrogen-bond donors (Lipinski definition) is 1. The number of ether oxygens (including phenoxy) is 1. The van der Waals surface area contributed by atoms with E-state index in [-0.39, 0.29) is 11.9 Å². The van der Waals surface area contributed by atoms with Crippen molar-refractivity contribution in [2.75, 3.05) is 6.61 Å². The molecule has 20 heavy (non-hydrogen) atoms. The average Bonchev–Trinajstić information content (AvgIpc) is 2.47. The fourth-order valence-electron chi connectivity index (χ4n) is 2.78. The molecule has 1 aromatic carbocycles. The van der Waals surface area contributed by atoms with E-state index in [0.717, 1.165) is 24.0 Å². The van der Waals surface area contributed by atoms with Crippen LogP contribution in [0.25, 0.3) is 0 Å². The minimum atomic E-state index is 0.0178. The summed E-state index contributed by atoms with van der Waals surface area (Å²) >= 11 is 0. The third kappa shape index (κ3) is 2.99. The monoisotopic (exact) mass is 269 g/mol. The lowest BCUT2D eigenvalue weighted by molar-refractivity contribution is 0.0709. The van der Waals surface area contributed by atoms with Gasteiger partial charge in [-0.25, -0.2) is 0 Å². The Morgan fingerprint density at radius 1 is 1.25 bits per heavy atom. The van der Waals surface area contributed by atoms with Crippen molar-refractivity contribution in [1.29, 1.82) is 0 Å². The highest BCUT2D eigenvalue weighted by Crippen LogP contribution is 2.20. The number of rotatable bonds is 2. The van der Waals surface area contributed by atoms with Gasteiger partial charge in [0.15, 0.2) is 0 Å². The van der Waals surface area contributed by atoms with Gasteiger partial charge in [-0.15, -0.1) is 0 Å². The van der Waals surface area contributed by atoms with Crippen LogP contribution in [0.1, 0.15) is 28.8 Å². The quantitative estimate of drug-likeness (QED) is 0.896. The van der Waals surface area contributed by atoms with Gasteiger partial charge >= 0.3 is 0 Å². The van der Waals surface area contributed by atoms with Crippen LogP contribution in [0.15, 0.2) is 48.6 Å². The number of amides is 1. The summed E-state index contributed by atoms with van der Waals surface area (Å²) in [5.74, 6) is 0.507. The molecule has 0 fully saturated rings. The Morgan fingerprint density at radius 2 is 2.15 bits per heavy atom. The zero-order valence-electron chi connectivity index (χ0n) is 11.4. The summed E-state index contributed by atoms with van der Waals surface area (Å²) in [6, 6.07) is 7.72. The molecular formula is C17H19NO2. The van der Waals surface area contributed by atoms with E-state index in [0.29, 0.717) is 19.1 Å². The van der Waals surface area contributed by atoms with Gasteiger partial charge in [-0.3, -0.25) is 4.79 Å². The van der Waals surface area contributed by atoms with Crippen molar-refractivity contribution in [2.45, 2.75) is 25.5 Å². The molecule has 1 amide bonds. The van der Waals surface area contributed by atoms with Gasteiger partial charge < -0.3 is 10.1 Å². The molecule has 1 aliphatic heterocycles. The predicted molar refractivity (Wildman–Crippen MR) is 78.4 cm³/mol. The molecule has 3 rings (SSSR count). The van der Waals surface area contributed by atoms with Crippen molar-refractivity contribution >= 4 is 5.91 Å². The molecule has 2 unspecified atom stereocenters. The van der Waals surface area contributed by atoms with E-state index in [1.807, 2.05) is 24.3 Å². The van der Waals surface area contributed by atoms with Gasteiger partial charge in [-0.1, -0.05) is 42.5 Å². The first kappa shape index (κ1) is 13.1. The summed E-state index contributed by atoms with van der Waals surface area (Å²) in [4.78, 5) is 12.3. The number of benzene rings is 1. The second-order valence-electron chi connectivity index (χ2n) is 5.39. The zero-order chi connectivity index (χ0) is 13.8. The standard InChI is InChI=1S/C17H19NO2/c19-17-16-9-5-4-8-14(16)11-20-12-15(18-17)10-13-6-2-1-3-7-13/h1-6,8-9,13,15H,7,10-12H2,(H,18,19). The molecule has 104 valence electrons. The molecule has 1 aliphatic carbocycles. The maximum absolute atomic E-state index is 12.3. The highest BCUT2D eigenvalue weighted by Gasteiger charge is 2.22. The Bertz CT molecular complexity index is 548. The summed E-state index contributed by atoms with van der Waals surface area (Å²) in [7, 11) is 0. The van der Waals surface area contributed by atoms with Crippen molar-refractivity contribution in [3.63, 3.8) is 0 Å². The van der Waals surface area contributed by atoms with Crippen LogP contribution in [0.3, 0.4) is 0 Å². The maximum Gasteiger partial charge on any atom is 0.251 e. The van der Waals surface area contributed by atoms with Crippen LogP contribution < -0.4 is 5.32 Å². The van der Waals surface area contributed by atoms with E-state index >= 15 is 0 Å². The lowest BCUT2D eigenvalue weighted by Gasteiger charge is -2.26. The molecule has 0 spiro atoms. The highest BCUT2D eigenvalue weighted by molar-refractivity contribution is 5.95. The SMILES string of the molecule is O=C1NC(CC2C=CC=CC2)COCc2ccccc21. The number of fused-ring (bicyclic) bond motifs is 1. The van der Waals surface area contributed by atoms with Crippen LogP contribution >= 0.6 is 0 Å². The van der Waals surface area contributed by atoms with E-state index in [2.05, 4.69) is 29.6 Å². The van der Waals surface area contributed by atoms with Gasteiger partial charge in [0.1, 0.15) is 0 Å². The Morgan fingerprint density at radius 3 is 3.00 bits per heavy atom. The molecule has 1 N–H and O–H groups in total. The Hall–Kier alpha value is -1.87. The zero-order valence-corrected chi connectivity index (χ0v) is 11.4. The normalized spacial score (nSPS) is 25.5. The average molecular weight is 269 g/mol. The third-order valence-electron chi connectivity index (χ3n) is 3.83. The van der Waals surface area contributed by atoms with E-state index in [9.17, 15) is 4.79 Å². The van der Waals surface area contributed by atoms with Gasteiger partial charge in [0, 0.05) is 5.56 Å². The fourth-order valence-corrected chi connectivity index (χ4v) is 2.78. The summed E-state index contributed by atoms with van der Waals surface area (Å²) in [5.41, 5.74) is 1.69. The molecule has 0 radical (unpaired) electrons. The molecule has 2 atom stereocenters. The number of carbonyl (C=O) groups is 1. The number of nitrogens with one attached hydrogen (secondary N) is 1. The first-order valence-corrected chi connectivity index (χ1v) is 7.13. The van der Waals surface area contributed by atoms with Gasteiger partial charge in [-0.05, 0) is 30.4 Å². The lowest BCUT2D eigenvalue weighted by atomic mass is 9.93. The van der Waals surface area contributed by atoms with Crippen LogP contribution in [0.2, 0.25) is 0 Å². The van der Waals surface area contributed by atoms with E-state index in [1.165, 1.54) is 0 Å². The van der Waals surface area contributed by atoms with Crippen LogP contribution in [0.4, 0.5) is 0 Å². The number of carbonyl (C=O) groups excluding carboxylic acids is 1. The van der Waals surface area contributed by atoms with E-state index in [4.69, 9.17) is 4.74 Å². The van der Waals surface area contributed by atoms with Gasteiger partial charge in [-0.2, -0.15) is 0 Å². The molecule has 2 aliphatic rings. The van der Waals surface area contributed by atoms with Gasteiger partial charge in [0.25, 0.3) is 5.91 Å². The highest BCUT2D eigenvalue weighted by atomic mass is 16.5. The molecule has 0 saturated heterocycles. The number of hydrogen-bond acceptors (Lipinski definition) is 2. The van der Waals surface area contributed by atoms with Gasteiger partial charge in [0.2, 0.25) is 0 Å². The Balaban J connectivity index is 1.69. The smallest absolute Gasteiger partial charge is 0.251 e. The van der Waals surface area contributed by atoms with Crippen molar-refractivity contribution in [2.24, 2.45) is 5.92 Å². The van der Waals surface area contributed by atoms with Crippen molar-refractivity contribution < 1.29 is 9.53 Å². The molecule has 0 aromatic heterocycles. The predicted octanol–water partition coefficient (Wildman–Crippen LogP) is 2.84. The molecule has 0 bridgehead atoms. The van der Waals surface area contributed by atoms with Crippen molar-refractivity contribution in [1.82, 2.24) is 5.32 Å².